The fourth-order valence-corrected chi connectivity index (χ4v) is 3.50. The van der Waals surface area contributed by atoms with E-state index in [1.54, 1.807) is 18.3 Å². The van der Waals surface area contributed by atoms with Gasteiger partial charge in [-0.2, -0.15) is 0 Å². The predicted octanol–water partition coefficient (Wildman–Crippen LogP) is 2.92. The van der Waals surface area contributed by atoms with Crippen LogP contribution in [0.15, 0.2) is 53.6 Å². The van der Waals surface area contributed by atoms with Crippen molar-refractivity contribution in [2.45, 2.75) is 31.6 Å². The molecule has 0 unspecified atom stereocenters. The second-order valence-corrected chi connectivity index (χ2v) is 8.62. The molecule has 3 N–H and O–H groups in total. The summed E-state index contributed by atoms with van der Waals surface area (Å²) in [5, 5.41) is 7.92. The predicted molar refractivity (Wildman–Crippen MR) is 113 cm³/mol. The molecular formula is C21H24N4O3S. The molecule has 0 saturated heterocycles. The summed E-state index contributed by atoms with van der Waals surface area (Å²) in [5.41, 5.74) is 5.23. The Balaban J connectivity index is 1.64. The molecule has 29 heavy (non-hydrogen) atoms. The van der Waals surface area contributed by atoms with Gasteiger partial charge in [0.25, 0.3) is 0 Å². The third-order valence-electron chi connectivity index (χ3n) is 4.93. The molecule has 3 rings (SSSR count). The standard InChI is InChI=1S/C21H24N4O3S/c1-14-4-8-17(12-15(14)2)19-13-23-21(25(19)3)24-20(26)11-7-16-5-9-18(10-6-16)29(22,27)28/h4-6,8-10,12-13H,7,11H2,1-3H3,(H2,22,27,28)(H,23,24,26). The van der Waals surface area contributed by atoms with Gasteiger partial charge in [0.2, 0.25) is 21.9 Å². The van der Waals surface area contributed by atoms with E-state index in [9.17, 15) is 13.2 Å². The summed E-state index contributed by atoms with van der Waals surface area (Å²) in [6.45, 7) is 4.13. The molecule has 8 heteroatoms. The summed E-state index contributed by atoms with van der Waals surface area (Å²) in [5.74, 6) is 0.314. The first kappa shape index (κ1) is 20.8. The number of primary sulfonamides is 1. The van der Waals surface area contributed by atoms with Crippen LogP contribution in [0.3, 0.4) is 0 Å². The monoisotopic (exact) mass is 412 g/mol. The Morgan fingerprint density at radius 3 is 2.41 bits per heavy atom. The molecule has 1 aromatic heterocycles. The first-order valence-electron chi connectivity index (χ1n) is 9.16. The van der Waals surface area contributed by atoms with Crippen molar-refractivity contribution in [3.8, 4) is 11.3 Å². The van der Waals surface area contributed by atoms with Crippen LogP contribution in [0.1, 0.15) is 23.1 Å². The van der Waals surface area contributed by atoms with Crippen LogP contribution in [-0.2, 0) is 28.3 Å². The van der Waals surface area contributed by atoms with E-state index in [0.717, 1.165) is 16.8 Å². The maximum atomic E-state index is 12.3. The summed E-state index contributed by atoms with van der Waals surface area (Å²) in [6.07, 6.45) is 2.47. The Hall–Kier alpha value is -2.97. The lowest BCUT2D eigenvalue weighted by Crippen LogP contribution is -2.15. The van der Waals surface area contributed by atoms with E-state index >= 15 is 0 Å². The molecule has 0 aliphatic heterocycles. The van der Waals surface area contributed by atoms with Crippen LogP contribution in [-0.4, -0.2) is 23.9 Å². The van der Waals surface area contributed by atoms with Crippen LogP contribution in [0.5, 0.6) is 0 Å². The van der Waals surface area contributed by atoms with E-state index < -0.39 is 10.0 Å². The van der Waals surface area contributed by atoms with Crippen LogP contribution in [0, 0.1) is 13.8 Å². The van der Waals surface area contributed by atoms with Crippen LogP contribution in [0.4, 0.5) is 5.95 Å². The van der Waals surface area contributed by atoms with Crippen molar-refractivity contribution < 1.29 is 13.2 Å². The van der Waals surface area contributed by atoms with E-state index in [0.29, 0.717) is 12.4 Å². The number of benzene rings is 2. The lowest BCUT2D eigenvalue weighted by molar-refractivity contribution is -0.116. The number of nitrogens with one attached hydrogen (secondary N) is 1. The normalized spacial score (nSPS) is 11.4. The van der Waals surface area contributed by atoms with E-state index in [2.05, 4.69) is 36.3 Å². The number of imidazole rings is 1. The van der Waals surface area contributed by atoms with Crippen molar-refractivity contribution in [2.24, 2.45) is 12.2 Å². The van der Waals surface area contributed by atoms with Crippen molar-refractivity contribution in [2.75, 3.05) is 5.32 Å². The summed E-state index contributed by atoms with van der Waals surface area (Å²) in [6, 6.07) is 12.4. The number of rotatable bonds is 6. The lowest BCUT2D eigenvalue weighted by Gasteiger charge is -2.09. The molecule has 0 aliphatic carbocycles. The molecule has 0 fully saturated rings. The third-order valence-corrected chi connectivity index (χ3v) is 5.86. The summed E-state index contributed by atoms with van der Waals surface area (Å²) in [4.78, 5) is 16.7. The second kappa shape index (κ2) is 8.18. The molecule has 3 aromatic rings. The molecule has 0 bridgehead atoms. The quantitative estimate of drug-likeness (QED) is 0.649. The second-order valence-electron chi connectivity index (χ2n) is 7.06. The zero-order valence-electron chi connectivity index (χ0n) is 16.6. The number of hydrogen-bond acceptors (Lipinski definition) is 4. The number of carbonyl (C=O) groups is 1. The Bertz CT molecular complexity index is 1150. The number of sulfonamides is 1. The molecule has 152 valence electrons. The Kier molecular flexibility index (Phi) is 5.86. The highest BCUT2D eigenvalue weighted by atomic mass is 32.2. The van der Waals surface area contributed by atoms with E-state index in [1.807, 2.05) is 17.7 Å². The van der Waals surface area contributed by atoms with Gasteiger partial charge in [-0.1, -0.05) is 24.3 Å². The maximum Gasteiger partial charge on any atom is 0.238 e. The minimum absolute atomic E-state index is 0.0533. The zero-order chi connectivity index (χ0) is 21.2. The van der Waals surface area contributed by atoms with Gasteiger partial charge in [0, 0.05) is 19.0 Å². The minimum Gasteiger partial charge on any atom is -0.313 e. The van der Waals surface area contributed by atoms with Crippen LogP contribution < -0.4 is 10.5 Å². The number of hydrogen-bond donors (Lipinski definition) is 2. The molecule has 2 aromatic carbocycles. The summed E-state index contributed by atoms with van der Waals surface area (Å²) >= 11 is 0. The topological polar surface area (TPSA) is 107 Å². The van der Waals surface area contributed by atoms with Crippen LogP contribution in [0.25, 0.3) is 11.3 Å². The number of nitrogens with two attached hydrogens (primary N) is 1. The highest BCUT2D eigenvalue weighted by Crippen LogP contribution is 2.24. The molecule has 1 amide bonds. The zero-order valence-corrected chi connectivity index (χ0v) is 17.5. The average Bonchev–Trinajstić information content (AvgIpc) is 3.02. The van der Waals surface area contributed by atoms with Crippen molar-refractivity contribution >= 4 is 21.9 Å². The molecule has 0 aliphatic rings. The smallest absolute Gasteiger partial charge is 0.238 e. The highest BCUT2D eigenvalue weighted by molar-refractivity contribution is 7.89. The Morgan fingerprint density at radius 1 is 1.10 bits per heavy atom. The largest absolute Gasteiger partial charge is 0.313 e. The lowest BCUT2D eigenvalue weighted by atomic mass is 10.0. The van der Waals surface area contributed by atoms with Gasteiger partial charge in [-0.15, -0.1) is 0 Å². The molecule has 0 spiro atoms. The number of aromatic nitrogens is 2. The SMILES string of the molecule is Cc1ccc(-c2cnc(NC(=O)CCc3ccc(S(N)(=O)=O)cc3)n2C)cc1C. The van der Waals surface area contributed by atoms with Crippen molar-refractivity contribution in [3.63, 3.8) is 0 Å². The third kappa shape index (κ3) is 4.90. The van der Waals surface area contributed by atoms with E-state index in [1.165, 1.54) is 23.3 Å². The summed E-state index contributed by atoms with van der Waals surface area (Å²) in [7, 11) is -1.85. The van der Waals surface area contributed by atoms with Gasteiger partial charge in [-0.05, 0) is 55.2 Å². The molecule has 1 heterocycles. The van der Waals surface area contributed by atoms with E-state index in [-0.39, 0.29) is 17.2 Å². The fraction of sp³-hybridized carbons (Fsp3) is 0.238. The van der Waals surface area contributed by atoms with Gasteiger partial charge in [-0.25, -0.2) is 18.5 Å². The number of anilines is 1. The van der Waals surface area contributed by atoms with Gasteiger partial charge >= 0.3 is 0 Å². The number of aryl methyl sites for hydroxylation is 3. The molecule has 0 saturated carbocycles. The highest BCUT2D eigenvalue weighted by Gasteiger charge is 2.12. The van der Waals surface area contributed by atoms with Gasteiger partial charge in [0.05, 0.1) is 16.8 Å². The minimum atomic E-state index is -3.71. The number of nitrogens with zero attached hydrogens (tertiary/aromatic N) is 2. The molecule has 7 nitrogen and oxygen atoms in total. The molecular weight excluding hydrogens is 388 g/mol. The van der Waals surface area contributed by atoms with Crippen LogP contribution in [0.2, 0.25) is 0 Å². The molecule has 0 atom stereocenters. The average molecular weight is 413 g/mol. The Morgan fingerprint density at radius 2 is 1.79 bits per heavy atom. The number of carbonyl (C=O) groups excluding carboxylic acids is 1. The first-order valence-corrected chi connectivity index (χ1v) is 10.7. The van der Waals surface area contributed by atoms with Crippen molar-refractivity contribution in [1.82, 2.24) is 9.55 Å². The van der Waals surface area contributed by atoms with Crippen LogP contribution >= 0.6 is 0 Å². The van der Waals surface area contributed by atoms with Crippen molar-refractivity contribution in [1.29, 1.82) is 0 Å². The first-order chi connectivity index (χ1) is 13.6. The Labute approximate surface area is 170 Å². The van der Waals surface area contributed by atoms with E-state index in [4.69, 9.17) is 5.14 Å². The number of amides is 1. The van der Waals surface area contributed by atoms with Gasteiger partial charge in [0.1, 0.15) is 0 Å². The fourth-order valence-electron chi connectivity index (χ4n) is 2.99. The molecule has 0 radical (unpaired) electrons. The van der Waals surface area contributed by atoms with Crippen molar-refractivity contribution in [3.05, 3.63) is 65.4 Å². The maximum absolute atomic E-state index is 12.3. The summed E-state index contributed by atoms with van der Waals surface area (Å²) < 4.78 is 24.4. The van der Waals surface area contributed by atoms with Gasteiger partial charge < -0.3 is 4.57 Å². The van der Waals surface area contributed by atoms with Gasteiger partial charge in [0.15, 0.2) is 0 Å². The van der Waals surface area contributed by atoms with Gasteiger partial charge in [-0.3, -0.25) is 10.1 Å².